The maximum Gasteiger partial charge on any atom is 0.416 e. The molecule has 2 aliphatic rings. The third-order valence-electron chi connectivity index (χ3n) is 6.21. The Labute approximate surface area is 186 Å². The molecule has 5 nitrogen and oxygen atoms in total. The molecule has 166 valence electrons. The molecule has 32 heavy (non-hydrogen) atoms. The normalized spacial score (nSPS) is 21.1. The molecule has 0 bridgehead atoms. The zero-order valence-electron chi connectivity index (χ0n) is 17.0. The number of thiazole rings is 1. The lowest BCUT2D eigenvalue weighted by Gasteiger charge is -2.34. The van der Waals surface area contributed by atoms with Gasteiger partial charge in [0.15, 0.2) is 0 Å². The zero-order chi connectivity index (χ0) is 22.5. The Bertz CT molecular complexity index is 1130. The molecule has 9 heteroatoms. The molecule has 3 aromatic rings. The van der Waals surface area contributed by atoms with Crippen molar-refractivity contribution >= 4 is 39.1 Å². The van der Waals surface area contributed by atoms with E-state index in [2.05, 4.69) is 6.07 Å². The Morgan fingerprint density at radius 1 is 0.969 bits per heavy atom. The van der Waals surface area contributed by atoms with Gasteiger partial charge in [0.1, 0.15) is 0 Å². The van der Waals surface area contributed by atoms with Crippen LogP contribution in [0.5, 0.6) is 0 Å². The van der Waals surface area contributed by atoms with Gasteiger partial charge in [0.05, 0.1) is 38.9 Å². The number of rotatable bonds is 3. The molecule has 0 unspecified atom stereocenters. The van der Waals surface area contributed by atoms with Crippen LogP contribution in [0.4, 0.5) is 18.9 Å². The van der Waals surface area contributed by atoms with Crippen molar-refractivity contribution in [1.29, 1.82) is 0 Å². The lowest BCUT2D eigenvalue weighted by Crippen LogP contribution is -2.45. The number of fused-ring (bicyclic) bond motifs is 1. The lowest BCUT2D eigenvalue weighted by molar-refractivity contribution is -0.137. The van der Waals surface area contributed by atoms with E-state index in [0.29, 0.717) is 19.0 Å². The number of imide groups is 1. The van der Waals surface area contributed by atoms with Gasteiger partial charge < -0.3 is 0 Å². The molecule has 0 saturated carbocycles. The van der Waals surface area contributed by atoms with E-state index in [1.54, 1.807) is 11.3 Å². The smallest absolute Gasteiger partial charge is 0.291 e. The number of para-hydroxylation sites is 1. The van der Waals surface area contributed by atoms with Gasteiger partial charge in [-0.1, -0.05) is 12.1 Å². The first-order chi connectivity index (χ1) is 15.3. The van der Waals surface area contributed by atoms with Gasteiger partial charge in [0, 0.05) is 5.92 Å². The van der Waals surface area contributed by atoms with Crippen LogP contribution in [0.2, 0.25) is 0 Å². The van der Waals surface area contributed by atoms with Crippen LogP contribution in [0.1, 0.15) is 35.8 Å². The summed E-state index contributed by atoms with van der Waals surface area (Å²) >= 11 is 1.70. The van der Waals surface area contributed by atoms with Crippen LogP contribution in [0, 0.1) is 0 Å². The van der Waals surface area contributed by atoms with E-state index in [9.17, 15) is 22.8 Å². The molecule has 2 saturated heterocycles. The molecule has 1 aromatic heterocycles. The van der Waals surface area contributed by atoms with Gasteiger partial charge in [-0.05, 0) is 62.3 Å². The third-order valence-corrected chi connectivity index (χ3v) is 7.40. The topological polar surface area (TPSA) is 53.5 Å². The van der Waals surface area contributed by atoms with Gasteiger partial charge in [-0.15, -0.1) is 11.3 Å². The number of halogens is 3. The maximum atomic E-state index is 13.0. The van der Waals surface area contributed by atoms with E-state index in [0.717, 1.165) is 45.1 Å². The fourth-order valence-corrected chi connectivity index (χ4v) is 5.63. The molecular weight excluding hydrogens is 439 g/mol. The maximum absolute atomic E-state index is 13.0. The van der Waals surface area contributed by atoms with E-state index in [4.69, 9.17) is 4.98 Å². The third kappa shape index (κ3) is 3.80. The summed E-state index contributed by atoms with van der Waals surface area (Å²) in [7, 11) is 0. The van der Waals surface area contributed by atoms with Gasteiger partial charge in [0.2, 0.25) is 5.91 Å². The first kappa shape index (κ1) is 21.1. The lowest BCUT2D eigenvalue weighted by atomic mass is 9.96. The van der Waals surface area contributed by atoms with Gasteiger partial charge in [0.25, 0.3) is 5.91 Å². The fraction of sp³-hybridized carbons (Fsp3) is 0.348. The summed E-state index contributed by atoms with van der Waals surface area (Å²) in [5.74, 6) is -0.428. The van der Waals surface area contributed by atoms with Crippen LogP contribution in [0.25, 0.3) is 10.2 Å². The molecule has 2 amide bonds. The standard InChI is InChI=1S/C23H20F3N3O2S/c24-23(25,26)15-5-7-16(8-6-15)29-20(30)13-18(22(29)31)28-11-9-14(10-12-28)21-27-17-3-1-2-4-19(17)32-21/h1-8,14,18H,9-13H2/t18-/m1/s1. The number of hydrogen-bond donors (Lipinski definition) is 0. The van der Waals surface area contributed by atoms with Crippen LogP contribution >= 0.6 is 11.3 Å². The summed E-state index contributed by atoms with van der Waals surface area (Å²) in [4.78, 5) is 33.3. The van der Waals surface area contributed by atoms with E-state index in [-0.39, 0.29) is 23.9 Å². The Morgan fingerprint density at radius 2 is 1.66 bits per heavy atom. The number of nitrogens with zero attached hydrogens (tertiary/aromatic N) is 3. The minimum atomic E-state index is -4.46. The van der Waals surface area contributed by atoms with Crippen LogP contribution in [-0.4, -0.2) is 40.8 Å². The second kappa shape index (κ2) is 7.97. The Kier molecular flexibility index (Phi) is 5.25. The van der Waals surface area contributed by atoms with Gasteiger partial charge in [-0.2, -0.15) is 13.2 Å². The zero-order valence-corrected chi connectivity index (χ0v) is 17.8. The number of carbonyl (C=O) groups is 2. The number of piperidine rings is 1. The highest BCUT2D eigenvalue weighted by Gasteiger charge is 2.44. The van der Waals surface area contributed by atoms with Crippen molar-refractivity contribution < 1.29 is 22.8 Å². The van der Waals surface area contributed by atoms with E-state index < -0.39 is 17.8 Å². The molecule has 0 N–H and O–H groups in total. The molecule has 2 aromatic carbocycles. The predicted molar refractivity (Wildman–Crippen MR) is 116 cm³/mol. The second-order valence-corrected chi connectivity index (χ2v) is 9.22. The average molecular weight is 459 g/mol. The summed E-state index contributed by atoms with van der Waals surface area (Å²) in [6, 6.07) is 11.6. The molecule has 0 aliphatic carbocycles. The number of aromatic nitrogens is 1. The number of likely N-dealkylation sites (tertiary alicyclic amines) is 1. The highest BCUT2D eigenvalue weighted by atomic mass is 32.1. The highest BCUT2D eigenvalue weighted by molar-refractivity contribution is 7.18. The number of alkyl halides is 3. The Morgan fingerprint density at radius 3 is 2.31 bits per heavy atom. The summed E-state index contributed by atoms with van der Waals surface area (Å²) in [5, 5.41) is 1.10. The Hall–Kier alpha value is -2.78. The quantitative estimate of drug-likeness (QED) is 0.527. The molecular formula is C23H20F3N3O2S. The molecule has 2 fully saturated rings. The van der Waals surface area contributed by atoms with Crippen molar-refractivity contribution in [3.63, 3.8) is 0 Å². The van der Waals surface area contributed by atoms with Crippen molar-refractivity contribution in [2.24, 2.45) is 0 Å². The summed E-state index contributed by atoms with van der Waals surface area (Å²) < 4.78 is 39.6. The van der Waals surface area contributed by atoms with Crippen LogP contribution in [0.3, 0.4) is 0 Å². The van der Waals surface area contributed by atoms with Crippen molar-refractivity contribution in [3.05, 3.63) is 59.1 Å². The van der Waals surface area contributed by atoms with Gasteiger partial charge >= 0.3 is 6.18 Å². The van der Waals surface area contributed by atoms with Crippen molar-refractivity contribution in [1.82, 2.24) is 9.88 Å². The van der Waals surface area contributed by atoms with Crippen molar-refractivity contribution in [2.45, 2.75) is 37.4 Å². The average Bonchev–Trinajstić information content (AvgIpc) is 3.34. The summed E-state index contributed by atoms with van der Waals surface area (Å²) in [6.45, 7) is 1.34. The number of benzene rings is 2. The van der Waals surface area contributed by atoms with E-state index in [1.807, 2.05) is 23.1 Å². The number of carbonyl (C=O) groups excluding carboxylic acids is 2. The first-order valence-electron chi connectivity index (χ1n) is 10.4. The predicted octanol–water partition coefficient (Wildman–Crippen LogP) is 4.83. The second-order valence-electron chi connectivity index (χ2n) is 8.16. The number of anilines is 1. The van der Waals surface area contributed by atoms with Gasteiger partial charge in [-0.3, -0.25) is 14.5 Å². The molecule has 3 heterocycles. The van der Waals surface area contributed by atoms with Crippen molar-refractivity contribution in [2.75, 3.05) is 18.0 Å². The van der Waals surface area contributed by atoms with Crippen LogP contribution < -0.4 is 4.90 Å². The fourth-order valence-electron chi connectivity index (χ4n) is 4.49. The van der Waals surface area contributed by atoms with E-state index in [1.165, 1.54) is 12.1 Å². The molecule has 1 atom stereocenters. The van der Waals surface area contributed by atoms with Crippen LogP contribution in [0.15, 0.2) is 48.5 Å². The minimum Gasteiger partial charge on any atom is -0.291 e. The largest absolute Gasteiger partial charge is 0.416 e. The minimum absolute atomic E-state index is 0.0473. The SMILES string of the molecule is O=C1C[C@@H](N2CCC(c3nc4ccccc4s3)CC2)C(=O)N1c1ccc(C(F)(F)F)cc1. The highest BCUT2D eigenvalue weighted by Crippen LogP contribution is 2.36. The van der Waals surface area contributed by atoms with Crippen molar-refractivity contribution in [3.8, 4) is 0 Å². The monoisotopic (exact) mass is 459 g/mol. The van der Waals surface area contributed by atoms with E-state index >= 15 is 0 Å². The van der Waals surface area contributed by atoms with Gasteiger partial charge in [-0.25, -0.2) is 9.88 Å². The summed E-state index contributed by atoms with van der Waals surface area (Å²) in [6.07, 6.45) is -2.73. The molecule has 0 radical (unpaired) electrons. The Balaban J connectivity index is 1.26. The molecule has 5 rings (SSSR count). The summed E-state index contributed by atoms with van der Waals surface area (Å²) in [5.41, 5.74) is 0.368. The number of amides is 2. The molecule has 0 spiro atoms. The molecule has 2 aliphatic heterocycles. The van der Waals surface area contributed by atoms with Crippen LogP contribution in [-0.2, 0) is 15.8 Å². The first-order valence-corrected chi connectivity index (χ1v) is 11.3. The number of hydrogen-bond acceptors (Lipinski definition) is 5.